The van der Waals surface area contributed by atoms with E-state index in [-0.39, 0.29) is 5.91 Å². The molecule has 1 atom stereocenters. The second kappa shape index (κ2) is 4.49. The molecule has 0 radical (unpaired) electrons. The molecule has 0 saturated carbocycles. The van der Waals surface area contributed by atoms with Gasteiger partial charge < -0.3 is 10.1 Å². The molecule has 1 unspecified atom stereocenters. The maximum Gasteiger partial charge on any atom is 0.265 e. The van der Waals surface area contributed by atoms with Gasteiger partial charge in [-0.05, 0) is 24.3 Å². The Balaban J connectivity index is 1.81. The Kier molecular flexibility index (Phi) is 2.68. The van der Waals surface area contributed by atoms with Crippen LogP contribution in [-0.4, -0.2) is 17.0 Å². The Morgan fingerprint density at radius 3 is 2.83 bits per heavy atom. The van der Waals surface area contributed by atoms with Gasteiger partial charge in [0.15, 0.2) is 6.10 Å². The maximum atomic E-state index is 11.9. The molecular formula is C14H12N2O2. The lowest BCUT2D eigenvalue weighted by Crippen LogP contribution is -2.38. The number of nitrogens with zero attached hydrogens (tertiary/aromatic N) is 1. The first-order valence-electron chi connectivity index (χ1n) is 5.79. The molecule has 1 aromatic carbocycles. The van der Waals surface area contributed by atoms with E-state index in [0.717, 1.165) is 11.4 Å². The summed E-state index contributed by atoms with van der Waals surface area (Å²) in [6, 6.07) is 13.1. The average molecular weight is 240 g/mol. The lowest BCUT2D eigenvalue weighted by Gasteiger charge is -2.25. The number of fused-ring (bicyclic) bond motifs is 1. The highest BCUT2D eigenvalue weighted by Gasteiger charge is 2.27. The lowest BCUT2D eigenvalue weighted by molar-refractivity contribution is -0.123. The standard InChI is InChI=1S/C14H12N2O2/c17-14-13(9-10-5-3-4-8-15-10)18-12-7-2-1-6-11(12)16-14/h1-8,13H,9H2,(H,16,17). The van der Waals surface area contributed by atoms with Crippen molar-refractivity contribution in [2.75, 3.05) is 5.32 Å². The molecule has 0 spiro atoms. The van der Waals surface area contributed by atoms with E-state index in [1.54, 1.807) is 6.20 Å². The third kappa shape index (κ3) is 2.05. The topological polar surface area (TPSA) is 51.2 Å². The van der Waals surface area contributed by atoms with Crippen molar-refractivity contribution in [3.05, 3.63) is 54.4 Å². The number of amides is 1. The first-order chi connectivity index (χ1) is 8.83. The molecule has 1 amide bonds. The molecule has 1 aliphatic rings. The summed E-state index contributed by atoms with van der Waals surface area (Å²) in [6.07, 6.45) is 1.67. The van der Waals surface area contributed by atoms with Crippen LogP contribution in [0, 0.1) is 0 Å². The first-order valence-corrected chi connectivity index (χ1v) is 5.79. The van der Waals surface area contributed by atoms with Crippen LogP contribution in [0.15, 0.2) is 48.7 Å². The molecular weight excluding hydrogens is 228 g/mol. The van der Waals surface area contributed by atoms with Gasteiger partial charge in [0, 0.05) is 18.3 Å². The van der Waals surface area contributed by atoms with Gasteiger partial charge in [-0.25, -0.2) is 0 Å². The summed E-state index contributed by atoms with van der Waals surface area (Å²) in [5, 5.41) is 2.84. The van der Waals surface area contributed by atoms with Crippen LogP contribution < -0.4 is 10.1 Å². The van der Waals surface area contributed by atoms with Crippen molar-refractivity contribution < 1.29 is 9.53 Å². The molecule has 0 bridgehead atoms. The van der Waals surface area contributed by atoms with E-state index in [1.807, 2.05) is 42.5 Å². The van der Waals surface area contributed by atoms with Gasteiger partial charge in [-0.3, -0.25) is 9.78 Å². The van der Waals surface area contributed by atoms with Crippen LogP contribution in [0.25, 0.3) is 0 Å². The van der Waals surface area contributed by atoms with Gasteiger partial charge in [0.1, 0.15) is 5.75 Å². The fourth-order valence-electron chi connectivity index (χ4n) is 1.94. The van der Waals surface area contributed by atoms with Crippen LogP contribution in [0.1, 0.15) is 5.69 Å². The molecule has 18 heavy (non-hydrogen) atoms. The van der Waals surface area contributed by atoms with E-state index in [1.165, 1.54) is 0 Å². The molecule has 4 heteroatoms. The van der Waals surface area contributed by atoms with Crippen molar-refractivity contribution in [2.24, 2.45) is 0 Å². The van der Waals surface area contributed by atoms with E-state index in [2.05, 4.69) is 10.3 Å². The Bertz CT molecular complexity index is 569. The van der Waals surface area contributed by atoms with Gasteiger partial charge in [-0.1, -0.05) is 18.2 Å². The van der Waals surface area contributed by atoms with Crippen molar-refractivity contribution in [1.29, 1.82) is 0 Å². The molecule has 1 aromatic heterocycles. The SMILES string of the molecule is O=C1Nc2ccccc2OC1Cc1ccccn1. The lowest BCUT2D eigenvalue weighted by atomic mass is 10.1. The third-order valence-electron chi connectivity index (χ3n) is 2.83. The Morgan fingerprint density at radius 2 is 2.00 bits per heavy atom. The molecule has 2 aromatic rings. The van der Waals surface area contributed by atoms with Gasteiger partial charge in [-0.15, -0.1) is 0 Å². The van der Waals surface area contributed by atoms with Crippen LogP contribution in [0.2, 0.25) is 0 Å². The van der Waals surface area contributed by atoms with Gasteiger partial charge in [0.2, 0.25) is 0 Å². The van der Waals surface area contributed by atoms with Crippen molar-refractivity contribution >= 4 is 11.6 Å². The Morgan fingerprint density at radius 1 is 1.17 bits per heavy atom. The molecule has 0 aliphatic carbocycles. The number of carbonyl (C=O) groups is 1. The van der Waals surface area contributed by atoms with Gasteiger partial charge in [0.05, 0.1) is 5.69 Å². The molecule has 0 saturated heterocycles. The highest BCUT2D eigenvalue weighted by Crippen LogP contribution is 2.29. The van der Waals surface area contributed by atoms with Crippen molar-refractivity contribution in [3.8, 4) is 5.75 Å². The summed E-state index contributed by atoms with van der Waals surface area (Å²) in [4.78, 5) is 16.1. The molecule has 1 aliphatic heterocycles. The molecule has 0 fully saturated rings. The normalized spacial score (nSPS) is 17.6. The fourth-order valence-corrected chi connectivity index (χ4v) is 1.94. The summed E-state index contributed by atoms with van der Waals surface area (Å²) < 4.78 is 5.70. The number of ether oxygens (including phenoxy) is 1. The number of hydrogen-bond acceptors (Lipinski definition) is 3. The highest BCUT2D eigenvalue weighted by molar-refractivity contribution is 5.97. The fraction of sp³-hybridized carbons (Fsp3) is 0.143. The molecule has 3 rings (SSSR count). The second-order valence-corrected chi connectivity index (χ2v) is 4.12. The molecule has 90 valence electrons. The predicted molar refractivity (Wildman–Crippen MR) is 67.4 cm³/mol. The minimum atomic E-state index is -0.519. The van der Waals surface area contributed by atoms with Crippen LogP contribution in [0.3, 0.4) is 0 Å². The van der Waals surface area contributed by atoms with Gasteiger partial charge in [-0.2, -0.15) is 0 Å². The maximum absolute atomic E-state index is 11.9. The number of hydrogen-bond donors (Lipinski definition) is 1. The minimum Gasteiger partial charge on any atom is -0.478 e. The molecule has 4 nitrogen and oxygen atoms in total. The first kappa shape index (κ1) is 10.8. The number of carbonyl (C=O) groups excluding carboxylic acids is 1. The summed E-state index contributed by atoms with van der Waals surface area (Å²) in [6.45, 7) is 0. The summed E-state index contributed by atoms with van der Waals surface area (Å²) in [5.74, 6) is 0.581. The molecule has 1 N–H and O–H groups in total. The average Bonchev–Trinajstić information content (AvgIpc) is 2.41. The van der Waals surface area contributed by atoms with E-state index >= 15 is 0 Å². The zero-order valence-electron chi connectivity index (χ0n) is 9.67. The number of rotatable bonds is 2. The number of para-hydroxylation sites is 2. The second-order valence-electron chi connectivity index (χ2n) is 4.12. The van der Waals surface area contributed by atoms with Crippen LogP contribution >= 0.6 is 0 Å². The van der Waals surface area contributed by atoms with Gasteiger partial charge in [0.25, 0.3) is 5.91 Å². The minimum absolute atomic E-state index is 0.126. The largest absolute Gasteiger partial charge is 0.478 e. The van der Waals surface area contributed by atoms with E-state index < -0.39 is 6.10 Å². The monoisotopic (exact) mass is 240 g/mol. The van der Waals surface area contributed by atoms with E-state index in [9.17, 15) is 4.79 Å². The zero-order valence-corrected chi connectivity index (χ0v) is 9.67. The quantitative estimate of drug-likeness (QED) is 0.873. The number of nitrogens with one attached hydrogen (secondary N) is 1. The smallest absolute Gasteiger partial charge is 0.265 e. The Labute approximate surface area is 105 Å². The number of anilines is 1. The highest BCUT2D eigenvalue weighted by atomic mass is 16.5. The predicted octanol–water partition coefficient (Wildman–Crippen LogP) is 2.02. The summed E-state index contributed by atoms with van der Waals surface area (Å²) >= 11 is 0. The number of benzene rings is 1. The van der Waals surface area contributed by atoms with Crippen molar-refractivity contribution in [2.45, 2.75) is 12.5 Å². The third-order valence-corrected chi connectivity index (χ3v) is 2.83. The molecule has 2 heterocycles. The van der Waals surface area contributed by atoms with E-state index in [4.69, 9.17) is 4.74 Å². The van der Waals surface area contributed by atoms with Crippen LogP contribution in [0.4, 0.5) is 5.69 Å². The van der Waals surface area contributed by atoms with Crippen LogP contribution in [0.5, 0.6) is 5.75 Å². The zero-order chi connectivity index (χ0) is 12.4. The summed E-state index contributed by atoms with van der Waals surface area (Å²) in [7, 11) is 0. The number of pyridine rings is 1. The van der Waals surface area contributed by atoms with Crippen molar-refractivity contribution in [1.82, 2.24) is 4.98 Å². The Hall–Kier alpha value is -2.36. The van der Waals surface area contributed by atoms with Crippen molar-refractivity contribution in [3.63, 3.8) is 0 Å². The van der Waals surface area contributed by atoms with E-state index in [0.29, 0.717) is 12.2 Å². The number of aromatic nitrogens is 1. The van der Waals surface area contributed by atoms with Gasteiger partial charge >= 0.3 is 0 Å². The van der Waals surface area contributed by atoms with Crippen LogP contribution in [-0.2, 0) is 11.2 Å². The summed E-state index contributed by atoms with van der Waals surface area (Å²) in [5.41, 5.74) is 1.57.